The highest BCUT2D eigenvalue weighted by molar-refractivity contribution is 9.10. The van der Waals surface area contributed by atoms with Gasteiger partial charge in [-0.15, -0.1) is 0 Å². The molecule has 7 heteroatoms. The Morgan fingerprint density at radius 2 is 1.97 bits per heavy atom. The average Bonchev–Trinajstić information content (AvgIpc) is 2.73. The van der Waals surface area contributed by atoms with Crippen molar-refractivity contribution in [2.75, 3.05) is 44.2 Å². The topological polar surface area (TPSA) is 44.8 Å². The maximum atomic E-state index is 13.2. The molecule has 162 valence electrons. The lowest BCUT2D eigenvalue weighted by Gasteiger charge is -2.36. The number of carbonyl (C=O) groups is 1. The van der Waals surface area contributed by atoms with Crippen molar-refractivity contribution in [3.8, 4) is 5.75 Å². The van der Waals surface area contributed by atoms with Crippen molar-refractivity contribution in [2.24, 2.45) is 0 Å². The zero-order valence-electron chi connectivity index (χ0n) is 17.5. The summed E-state index contributed by atoms with van der Waals surface area (Å²) in [4.78, 5) is 17.1. The van der Waals surface area contributed by atoms with Crippen LogP contribution in [0.2, 0.25) is 0 Å². The van der Waals surface area contributed by atoms with Crippen LogP contribution in [0.3, 0.4) is 0 Å². The Morgan fingerprint density at radius 3 is 2.67 bits per heavy atom. The van der Waals surface area contributed by atoms with Crippen LogP contribution in [-0.2, 0) is 4.79 Å². The SMILES string of the molecule is Cc1cccc(N2CCN(CCCNC(=O)C(C)Oc3ccc(F)cc3Br)CC2)c1. The second-order valence-electron chi connectivity index (χ2n) is 7.65. The number of hydrogen-bond donors (Lipinski definition) is 1. The first-order valence-corrected chi connectivity index (χ1v) is 11.1. The highest BCUT2D eigenvalue weighted by Crippen LogP contribution is 2.26. The van der Waals surface area contributed by atoms with Crippen LogP contribution in [0.15, 0.2) is 46.9 Å². The summed E-state index contributed by atoms with van der Waals surface area (Å²) in [6.07, 6.45) is 0.244. The number of carbonyl (C=O) groups excluding carboxylic acids is 1. The third-order valence-electron chi connectivity index (χ3n) is 5.26. The van der Waals surface area contributed by atoms with Gasteiger partial charge in [0.25, 0.3) is 5.91 Å². The smallest absolute Gasteiger partial charge is 0.260 e. The van der Waals surface area contributed by atoms with Gasteiger partial charge in [0.15, 0.2) is 6.10 Å². The zero-order chi connectivity index (χ0) is 21.5. The summed E-state index contributed by atoms with van der Waals surface area (Å²) in [6.45, 7) is 9.48. The van der Waals surface area contributed by atoms with Crippen LogP contribution in [0.4, 0.5) is 10.1 Å². The van der Waals surface area contributed by atoms with E-state index < -0.39 is 6.10 Å². The predicted molar refractivity (Wildman–Crippen MR) is 122 cm³/mol. The average molecular weight is 478 g/mol. The van der Waals surface area contributed by atoms with E-state index in [0.717, 1.165) is 39.1 Å². The lowest BCUT2D eigenvalue weighted by Crippen LogP contribution is -2.47. The van der Waals surface area contributed by atoms with Crippen LogP contribution in [0.1, 0.15) is 18.9 Å². The van der Waals surface area contributed by atoms with Gasteiger partial charge in [0, 0.05) is 38.4 Å². The third kappa shape index (κ3) is 6.44. The van der Waals surface area contributed by atoms with Gasteiger partial charge < -0.3 is 15.0 Å². The van der Waals surface area contributed by atoms with E-state index in [4.69, 9.17) is 4.74 Å². The molecule has 0 aliphatic carbocycles. The van der Waals surface area contributed by atoms with Gasteiger partial charge in [-0.25, -0.2) is 4.39 Å². The minimum atomic E-state index is -0.648. The normalized spacial score (nSPS) is 15.7. The molecule has 1 aliphatic rings. The Labute approximate surface area is 186 Å². The minimum absolute atomic E-state index is 0.171. The molecule has 2 aromatic rings. The maximum Gasteiger partial charge on any atom is 0.260 e. The Kier molecular flexibility index (Phi) is 8.10. The minimum Gasteiger partial charge on any atom is -0.480 e. The maximum absolute atomic E-state index is 13.2. The molecule has 0 radical (unpaired) electrons. The Balaban J connectivity index is 1.33. The van der Waals surface area contributed by atoms with E-state index in [0.29, 0.717) is 16.8 Å². The number of rotatable bonds is 8. The molecule has 0 spiro atoms. The summed E-state index contributed by atoms with van der Waals surface area (Å²) >= 11 is 3.25. The molecule has 1 unspecified atom stereocenters. The fourth-order valence-electron chi connectivity index (χ4n) is 3.53. The second kappa shape index (κ2) is 10.8. The largest absolute Gasteiger partial charge is 0.480 e. The zero-order valence-corrected chi connectivity index (χ0v) is 19.1. The summed E-state index contributed by atoms with van der Waals surface area (Å²) in [7, 11) is 0. The van der Waals surface area contributed by atoms with Crippen LogP contribution in [0.5, 0.6) is 5.75 Å². The van der Waals surface area contributed by atoms with Crippen molar-refractivity contribution in [2.45, 2.75) is 26.4 Å². The number of amides is 1. The molecule has 1 atom stereocenters. The molecule has 3 rings (SSSR count). The fourth-order valence-corrected chi connectivity index (χ4v) is 3.97. The Morgan fingerprint density at radius 1 is 1.20 bits per heavy atom. The summed E-state index contributed by atoms with van der Waals surface area (Å²) < 4.78 is 19.3. The van der Waals surface area contributed by atoms with Gasteiger partial charge in [-0.2, -0.15) is 0 Å². The van der Waals surface area contributed by atoms with Crippen molar-refractivity contribution in [3.05, 3.63) is 58.3 Å². The second-order valence-corrected chi connectivity index (χ2v) is 8.50. The van der Waals surface area contributed by atoms with Crippen molar-refractivity contribution in [3.63, 3.8) is 0 Å². The summed E-state index contributed by atoms with van der Waals surface area (Å²) in [5, 5.41) is 2.92. The number of nitrogens with one attached hydrogen (secondary N) is 1. The first kappa shape index (κ1) is 22.6. The molecule has 2 aromatic carbocycles. The number of anilines is 1. The molecule has 30 heavy (non-hydrogen) atoms. The third-order valence-corrected chi connectivity index (χ3v) is 5.88. The van der Waals surface area contributed by atoms with Crippen LogP contribution >= 0.6 is 15.9 Å². The number of ether oxygens (including phenoxy) is 1. The van der Waals surface area contributed by atoms with Gasteiger partial charge >= 0.3 is 0 Å². The van der Waals surface area contributed by atoms with Gasteiger partial charge in [0.2, 0.25) is 0 Å². The lowest BCUT2D eigenvalue weighted by molar-refractivity contribution is -0.127. The van der Waals surface area contributed by atoms with Gasteiger partial charge in [0.1, 0.15) is 11.6 Å². The van der Waals surface area contributed by atoms with Gasteiger partial charge in [0.05, 0.1) is 4.47 Å². The molecule has 5 nitrogen and oxygen atoms in total. The number of aryl methyl sites for hydroxylation is 1. The van der Waals surface area contributed by atoms with Crippen LogP contribution < -0.4 is 15.0 Å². The van der Waals surface area contributed by atoms with Gasteiger partial charge in [-0.1, -0.05) is 12.1 Å². The van der Waals surface area contributed by atoms with E-state index in [1.54, 1.807) is 6.92 Å². The van der Waals surface area contributed by atoms with Crippen LogP contribution in [-0.4, -0.2) is 56.2 Å². The van der Waals surface area contributed by atoms with Crippen molar-refractivity contribution in [1.82, 2.24) is 10.2 Å². The van der Waals surface area contributed by atoms with Crippen molar-refractivity contribution >= 4 is 27.5 Å². The molecule has 0 saturated carbocycles. The molecular weight excluding hydrogens is 449 g/mol. The molecule has 0 aromatic heterocycles. The van der Waals surface area contributed by atoms with E-state index >= 15 is 0 Å². The van der Waals surface area contributed by atoms with E-state index in [1.807, 2.05) is 0 Å². The van der Waals surface area contributed by atoms with Gasteiger partial charge in [-0.05, 0) is 78.6 Å². The monoisotopic (exact) mass is 477 g/mol. The molecule has 1 amide bonds. The summed E-state index contributed by atoms with van der Waals surface area (Å²) in [5.74, 6) is -0.0768. The Hall–Kier alpha value is -2.12. The molecule has 1 aliphatic heterocycles. The molecule has 1 N–H and O–H groups in total. The molecule has 0 bridgehead atoms. The van der Waals surface area contributed by atoms with Crippen molar-refractivity contribution in [1.29, 1.82) is 0 Å². The first-order chi connectivity index (χ1) is 14.4. The quantitative estimate of drug-likeness (QED) is 0.583. The first-order valence-electron chi connectivity index (χ1n) is 10.4. The van der Waals surface area contributed by atoms with Crippen LogP contribution in [0.25, 0.3) is 0 Å². The molecule has 1 heterocycles. The number of nitrogens with zero attached hydrogens (tertiary/aromatic N) is 2. The number of piperazine rings is 1. The van der Waals surface area contributed by atoms with E-state index in [1.165, 1.54) is 29.4 Å². The van der Waals surface area contributed by atoms with E-state index in [2.05, 4.69) is 62.2 Å². The van der Waals surface area contributed by atoms with E-state index in [9.17, 15) is 9.18 Å². The molecule has 1 fully saturated rings. The Bertz CT molecular complexity index is 856. The number of hydrogen-bond acceptors (Lipinski definition) is 4. The summed E-state index contributed by atoms with van der Waals surface area (Å²) in [6, 6.07) is 12.8. The number of benzene rings is 2. The van der Waals surface area contributed by atoms with E-state index in [-0.39, 0.29) is 11.7 Å². The summed E-state index contributed by atoms with van der Waals surface area (Å²) in [5.41, 5.74) is 2.58. The lowest BCUT2D eigenvalue weighted by atomic mass is 10.2. The standard InChI is InChI=1S/C23H29BrFN3O2/c1-17-5-3-6-20(15-17)28-13-11-27(12-14-28)10-4-9-26-23(29)18(2)30-22-8-7-19(25)16-21(22)24/h3,5-8,15-16,18H,4,9-14H2,1-2H3,(H,26,29). The van der Waals surface area contributed by atoms with Crippen LogP contribution in [0, 0.1) is 12.7 Å². The highest BCUT2D eigenvalue weighted by atomic mass is 79.9. The number of halogens is 2. The van der Waals surface area contributed by atoms with Crippen molar-refractivity contribution < 1.29 is 13.9 Å². The van der Waals surface area contributed by atoms with Gasteiger partial charge in [-0.3, -0.25) is 9.69 Å². The molecular formula is C23H29BrFN3O2. The predicted octanol–water partition coefficient (Wildman–Crippen LogP) is 3.99. The fraction of sp³-hybridized carbons (Fsp3) is 0.435. The molecule has 1 saturated heterocycles. The highest BCUT2D eigenvalue weighted by Gasteiger charge is 2.18.